The van der Waals surface area contributed by atoms with Crippen molar-refractivity contribution in [1.29, 1.82) is 0 Å². The van der Waals surface area contributed by atoms with E-state index in [9.17, 15) is 4.79 Å². The third-order valence-electron chi connectivity index (χ3n) is 5.60. The zero-order valence-electron chi connectivity index (χ0n) is 19.4. The summed E-state index contributed by atoms with van der Waals surface area (Å²) < 4.78 is 8.20. The number of pyridine rings is 1. The summed E-state index contributed by atoms with van der Waals surface area (Å²) in [6.45, 7) is 8.30. The molecule has 0 fully saturated rings. The summed E-state index contributed by atoms with van der Waals surface area (Å²) in [6, 6.07) is 19.9. The first-order valence-electron chi connectivity index (χ1n) is 11.3. The quantitative estimate of drug-likeness (QED) is 0.426. The van der Waals surface area contributed by atoms with Crippen LogP contribution in [-0.2, 0) is 18.4 Å². The van der Waals surface area contributed by atoms with Crippen molar-refractivity contribution in [3.05, 3.63) is 90.0 Å². The second-order valence-electron chi connectivity index (χ2n) is 9.04. The number of fused-ring (bicyclic) bond motifs is 1. The number of nitrogens with zero attached hydrogens (tertiary/aromatic N) is 3. The van der Waals surface area contributed by atoms with Crippen LogP contribution < -0.4 is 10.1 Å². The molecule has 0 saturated carbocycles. The van der Waals surface area contributed by atoms with E-state index in [1.54, 1.807) is 24.5 Å². The zero-order chi connectivity index (χ0) is 23.3. The average Bonchev–Trinajstić information content (AvgIpc) is 3.17. The SMILES string of the molecule is CC(C)(C)c1ccc(OCCn2c(CCNC(=O)c3cccnc3)nc3ccccc32)cc1. The number of nitrogens with one attached hydrogen (secondary N) is 1. The van der Waals surface area contributed by atoms with Gasteiger partial charge in [-0.05, 0) is 47.4 Å². The van der Waals surface area contributed by atoms with Gasteiger partial charge >= 0.3 is 0 Å². The Morgan fingerprint density at radius 1 is 1.03 bits per heavy atom. The average molecular weight is 443 g/mol. The molecular weight excluding hydrogens is 412 g/mol. The molecule has 4 aromatic rings. The van der Waals surface area contributed by atoms with Crippen LogP contribution in [0.15, 0.2) is 73.1 Å². The van der Waals surface area contributed by atoms with Crippen molar-refractivity contribution in [2.45, 2.75) is 39.2 Å². The molecule has 0 atom stereocenters. The molecule has 6 nitrogen and oxygen atoms in total. The normalized spacial score (nSPS) is 11.5. The van der Waals surface area contributed by atoms with Crippen LogP contribution in [0.1, 0.15) is 42.5 Å². The number of aromatic nitrogens is 3. The van der Waals surface area contributed by atoms with Crippen LogP contribution in [0.2, 0.25) is 0 Å². The minimum Gasteiger partial charge on any atom is -0.492 e. The monoisotopic (exact) mass is 442 g/mol. The Morgan fingerprint density at radius 3 is 2.55 bits per heavy atom. The van der Waals surface area contributed by atoms with Crippen molar-refractivity contribution in [3.63, 3.8) is 0 Å². The van der Waals surface area contributed by atoms with Crippen LogP contribution in [0, 0.1) is 0 Å². The van der Waals surface area contributed by atoms with Crippen molar-refractivity contribution in [2.24, 2.45) is 0 Å². The summed E-state index contributed by atoms with van der Waals surface area (Å²) in [6.07, 6.45) is 3.84. The molecule has 0 unspecified atom stereocenters. The lowest BCUT2D eigenvalue weighted by atomic mass is 9.87. The van der Waals surface area contributed by atoms with Crippen molar-refractivity contribution >= 4 is 16.9 Å². The Bertz CT molecular complexity index is 1210. The fourth-order valence-corrected chi connectivity index (χ4v) is 3.76. The van der Waals surface area contributed by atoms with E-state index in [4.69, 9.17) is 9.72 Å². The number of ether oxygens (including phenoxy) is 1. The molecule has 0 spiro atoms. The number of amides is 1. The second kappa shape index (κ2) is 9.86. The van der Waals surface area contributed by atoms with E-state index in [0.29, 0.717) is 31.7 Å². The molecule has 2 aromatic carbocycles. The minimum atomic E-state index is -0.132. The van der Waals surface area contributed by atoms with Crippen molar-refractivity contribution in [3.8, 4) is 5.75 Å². The maximum Gasteiger partial charge on any atom is 0.252 e. The predicted molar refractivity (Wildman–Crippen MR) is 131 cm³/mol. The topological polar surface area (TPSA) is 69.0 Å². The number of para-hydroxylation sites is 2. The Labute approximate surface area is 194 Å². The fourth-order valence-electron chi connectivity index (χ4n) is 3.76. The smallest absolute Gasteiger partial charge is 0.252 e. The van der Waals surface area contributed by atoms with Gasteiger partial charge in [0.2, 0.25) is 0 Å². The predicted octanol–water partition coefficient (Wildman–Crippen LogP) is 4.78. The number of benzene rings is 2. The molecule has 0 aliphatic carbocycles. The molecule has 0 saturated heterocycles. The molecule has 0 radical (unpaired) electrons. The highest BCUT2D eigenvalue weighted by Gasteiger charge is 2.14. The fraction of sp³-hybridized carbons (Fsp3) is 0.296. The Morgan fingerprint density at radius 2 is 1.82 bits per heavy atom. The van der Waals surface area contributed by atoms with E-state index >= 15 is 0 Å². The van der Waals surface area contributed by atoms with Gasteiger partial charge in [-0.3, -0.25) is 9.78 Å². The molecule has 0 bridgehead atoms. The first-order valence-corrected chi connectivity index (χ1v) is 11.3. The van der Waals surface area contributed by atoms with Gasteiger partial charge in [0.15, 0.2) is 0 Å². The molecule has 33 heavy (non-hydrogen) atoms. The number of carbonyl (C=O) groups is 1. The molecule has 6 heteroatoms. The number of imidazole rings is 1. The van der Waals surface area contributed by atoms with Crippen molar-refractivity contribution < 1.29 is 9.53 Å². The highest BCUT2D eigenvalue weighted by Crippen LogP contribution is 2.24. The Hall–Kier alpha value is -3.67. The molecular formula is C27H30N4O2. The third-order valence-corrected chi connectivity index (χ3v) is 5.60. The van der Waals surface area contributed by atoms with E-state index < -0.39 is 0 Å². The summed E-state index contributed by atoms with van der Waals surface area (Å²) in [7, 11) is 0. The van der Waals surface area contributed by atoms with Gasteiger partial charge in [-0.1, -0.05) is 45.0 Å². The number of hydrogen-bond acceptors (Lipinski definition) is 4. The van der Waals surface area contributed by atoms with E-state index in [1.807, 2.05) is 30.3 Å². The lowest BCUT2D eigenvalue weighted by Gasteiger charge is -2.19. The summed E-state index contributed by atoms with van der Waals surface area (Å²) in [5.74, 6) is 1.65. The Balaban J connectivity index is 1.40. The highest BCUT2D eigenvalue weighted by molar-refractivity contribution is 5.93. The number of rotatable bonds is 8. The van der Waals surface area contributed by atoms with Gasteiger partial charge in [0.1, 0.15) is 18.2 Å². The molecule has 2 aromatic heterocycles. The van der Waals surface area contributed by atoms with Crippen LogP contribution >= 0.6 is 0 Å². The first kappa shape index (κ1) is 22.5. The first-order chi connectivity index (χ1) is 15.9. The minimum absolute atomic E-state index is 0.121. The maximum absolute atomic E-state index is 12.3. The molecule has 4 rings (SSSR count). The van der Waals surface area contributed by atoms with E-state index in [-0.39, 0.29) is 11.3 Å². The summed E-state index contributed by atoms with van der Waals surface area (Å²) in [5.41, 5.74) is 3.97. The van der Waals surface area contributed by atoms with Crippen molar-refractivity contribution in [2.75, 3.05) is 13.2 Å². The molecule has 2 heterocycles. The van der Waals surface area contributed by atoms with Crippen LogP contribution in [0.3, 0.4) is 0 Å². The lowest BCUT2D eigenvalue weighted by Crippen LogP contribution is -2.26. The van der Waals surface area contributed by atoms with Gasteiger partial charge in [0, 0.05) is 25.4 Å². The van der Waals surface area contributed by atoms with Crippen LogP contribution in [0.5, 0.6) is 5.75 Å². The Kier molecular flexibility index (Phi) is 6.73. The van der Waals surface area contributed by atoms with Crippen LogP contribution in [-0.4, -0.2) is 33.6 Å². The summed E-state index contributed by atoms with van der Waals surface area (Å²) >= 11 is 0. The van der Waals surface area contributed by atoms with Crippen LogP contribution in [0.25, 0.3) is 11.0 Å². The van der Waals surface area contributed by atoms with E-state index in [2.05, 4.69) is 53.8 Å². The molecule has 0 aliphatic heterocycles. The van der Waals surface area contributed by atoms with Gasteiger partial charge < -0.3 is 14.6 Å². The molecule has 170 valence electrons. The second-order valence-corrected chi connectivity index (χ2v) is 9.04. The number of carbonyl (C=O) groups excluding carboxylic acids is 1. The van der Waals surface area contributed by atoms with Gasteiger partial charge in [0.05, 0.1) is 23.1 Å². The van der Waals surface area contributed by atoms with Gasteiger partial charge in [0.25, 0.3) is 5.91 Å². The highest BCUT2D eigenvalue weighted by atomic mass is 16.5. The third kappa shape index (κ3) is 5.58. The number of hydrogen-bond donors (Lipinski definition) is 1. The van der Waals surface area contributed by atoms with Crippen molar-refractivity contribution in [1.82, 2.24) is 19.9 Å². The summed E-state index contributed by atoms with van der Waals surface area (Å²) in [4.78, 5) is 21.1. The maximum atomic E-state index is 12.3. The van der Waals surface area contributed by atoms with Gasteiger partial charge in [-0.15, -0.1) is 0 Å². The zero-order valence-corrected chi connectivity index (χ0v) is 19.4. The molecule has 0 aliphatic rings. The van der Waals surface area contributed by atoms with Gasteiger partial charge in [-0.2, -0.15) is 0 Å². The lowest BCUT2D eigenvalue weighted by molar-refractivity contribution is 0.0953. The summed E-state index contributed by atoms with van der Waals surface area (Å²) in [5, 5.41) is 2.95. The molecule has 1 N–H and O–H groups in total. The van der Waals surface area contributed by atoms with Gasteiger partial charge in [-0.25, -0.2) is 4.98 Å². The largest absolute Gasteiger partial charge is 0.492 e. The standard InChI is InChI=1S/C27H30N4O2/c1-27(2,3)21-10-12-22(13-11-21)33-18-17-31-24-9-5-4-8-23(24)30-25(31)14-16-29-26(32)20-7-6-15-28-19-20/h4-13,15,19H,14,16-18H2,1-3H3,(H,29,32). The van der Waals surface area contributed by atoms with E-state index in [0.717, 1.165) is 22.6 Å². The molecule has 1 amide bonds. The van der Waals surface area contributed by atoms with E-state index in [1.165, 1.54) is 5.56 Å². The van der Waals surface area contributed by atoms with Crippen LogP contribution in [0.4, 0.5) is 0 Å².